The van der Waals surface area contributed by atoms with Crippen molar-refractivity contribution in [2.45, 2.75) is 50.6 Å². The van der Waals surface area contributed by atoms with Crippen molar-refractivity contribution in [1.82, 2.24) is 15.6 Å². The molecule has 1 atom stereocenters. The van der Waals surface area contributed by atoms with Crippen LogP contribution in [-0.2, 0) is 16.0 Å². The van der Waals surface area contributed by atoms with Gasteiger partial charge in [0.15, 0.2) is 0 Å². The number of rotatable bonds is 7. The lowest BCUT2D eigenvalue weighted by Crippen LogP contribution is -2.46. The van der Waals surface area contributed by atoms with E-state index >= 15 is 0 Å². The number of carbonyl (C=O) groups excluding carboxylic acids is 1. The molecule has 0 unspecified atom stereocenters. The SMILES string of the molecule is O=C(CN[C@@H](Cc1c[nH]c2ccccc12)C(=O)O)NC1CCCCC1. The van der Waals surface area contributed by atoms with E-state index in [0.717, 1.165) is 42.1 Å². The van der Waals surface area contributed by atoms with Gasteiger partial charge in [-0.2, -0.15) is 0 Å². The molecule has 6 nitrogen and oxygen atoms in total. The van der Waals surface area contributed by atoms with E-state index in [4.69, 9.17) is 0 Å². The Labute approximate surface area is 147 Å². The van der Waals surface area contributed by atoms with Crippen LogP contribution in [0.25, 0.3) is 10.9 Å². The molecule has 4 N–H and O–H groups in total. The van der Waals surface area contributed by atoms with Crippen LogP contribution in [0.5, 0.6) is 0 Å². The molecular weight excluding hydrogens is 318 g/mol. The molecule has 0 spiro atoms. The van der Waals surface area contributed by atoms with Crippen LogP contribution in [0.2, 0.25) is 0 Å². The first-order valence-electron chi connectivity index (χ1n) is 8.94. The lowest BCUT2D eigenvalue weighted by Gasteiger charge is -2.23. The first kappa shape index (κ1) is 17.5. The van der Waals surface area contributed by atoms with Gasteiger partial charge in [0.1, 0.15) is 6.04 Å². The smallest absolute Gasteiger partial charge is 0.321 e. The molecule has 6 heteroatoms. The number of fused-ring (bicyclic) bond motifs is 1. The lowest BCUT2D eigenvalue weighted by atomic mass is 9.95. The van der Waals surface area contributed by atoms with Crippen molar-refractivity contribution >= 4 is 22.8 Å². The molecule has 1 fully saturated rings. The van der Waals surface area contributed by atoms with Gasteiger partial charge in [-0.15, -0.1) is 0 Å². The van der Waals surface area contributed by atoms with E-state index in [9.17, 15) is 14.7 Å². The van der Waals surface area contributed by atoms with E-state index in [0.29, 0.717) is 6.42 Å². The third kappa shape index (κ3) is 4.60. The largest absolute Gasteiger partial charge is 0.480 e. The van der Waals surface area contributed by atoms with Crippen LogP contribution in [0.3, 0.4) is 0 Å². The Morgan fingerprint density at radius 1 is 1.20 bits per heavy atom. The summed E-state index contributed by atoms with van der Waals surface area (Å²) in [5.74, 6) is -1.08. The molecule has 2 aromatic rings. The second-order valence-electron chi connectivity index (χ2n) is 6.74. The molecule has 0 radical (unpaired) electrons. The molecule has 1 aromatic heterocycles. The van der Waals surface area contributed by atoms with Gasteiger partial charge in [-0.1, -0.05) is 37.5 Å². The highest BCUT2D eigenvalue weighted by molar-refractivity contribution is 5.84. The molecule has 0 aliphatic heterocycles. The summed E-state index contributed by atoms with van der Waals surface area (Å²) in [6.07, 6.45) is 7.73. The van der Waals surface area contributed by atoms with Gasteiger partial charge in [-0.05, 0) is 24.5 Å². The maximum Gasteiger partial charge on any atom is 0.321 e. The molecule has 1 aliphatic carbocycles. The monoisotopic (exact) mass is 343 g/mol. The minimum atomic E-state index is -0.948. The second kappa shape index (κ2) is 8.16. The number of H-pyrrole nitrogens is 1. The number of para-hydroxylation sites is 1. The summed E-state index contributed by atoms with van der Waals surface area (Å²) in [4.78, 5) is 26.8. The number of carboxylic acid groups (broad SMARTS) is 1. The molecule has 3 rings (SSSR count). The zero-order valence-electron chi connectivity index (χ0n) is 14.3. The maximum atomic E-state index is 12.1. The van der Waals surface area contributed by atoms with Crippen molar-refractivity contribution in [1.29, 1.82) is 0 Å². The number of aromatic amines is 1. The van der Waals surface area contributed by atoms with Crippen LogP contribution in [0.15, 0.2) is 30.5 Å². The number of hydrogen-bond acceptors (Lipinski definition) is 3. The summed E-state index contributed by atoms with van der Waals surface area (Å²) in [5.41, 5.74) is 1.92. The molecule has 0 saturated heterocycles. The van der Waals surface area contributed by atoms with Crippen LogP contribution in [0.1, 0.15) is 37.7 Å². The van der Waals surface area contributed by atoms with Crippen molar-refractivity contribution in [3.05, 3.63) is 36.0 Å². The van der Waals surface area contributed by atoms with E-state index in [-0.39, 0.29) is 18.5 Å². The Kier molecular flexibility index (Phi) is 5.71. The highest BCUT2D eigenvalue weighted by atomic mass is 16.4. The van der Waals surface area contributed by atoms with Crippen LogP contribution in [0, 0.1) is 0 Å². The van der Waals surface area contributed by atoms with Gasteiger partial charge in [0.2, 0.25) is 5.91 Å². The molecule has 134 valence electrons. The highest BCUT2D eigenvalue weighted by Gasteiger charge is 2.21. The number of aliphatic carboxylic acids is 1. The van der Waals surface area contributed by atoms with Crippen molar-refractivity contribution in [2.75, 3.05) is 6.54 Å². The first-order valence-corrected chi connectivity index (χ1v) is 8.94. The third-order valence-electron chi connectivity index (χ3n) is 4.88. The highest BCUT2D eigenvalue weighted by Crippen LogP contribution is 2.19. The predicted octanol–water partition coefficient (Wildman–Crippen LogP) is 2.20. The molecule has 1 aromatic carbocycles. The molecule has 25 heavy (non-hydrogen) atoms. The Morgan fingerprint density at radius 2 is 1.96 bits per heavy atom. The summed E-state index contributed by atoms with van der Waals surface area (Å²) in [7, 11) is 0. The minimum Gasteiger partial charge on any atom is -0.480 e. The fourth-order valence-electron chi connectivity index (χ4n) is 3.51. The lowest BCUT2D eigenvalue weighted by molar-refractivity contribution is -0.139. The number of benzene rings is 1. The number of hydrogen-bond donors (Lipinski definition) is 4. The minimum absolute atomic E-state index is 0.0236. The average molecular weight is 343 g/mol. The van der Waals surface area contributed by atoms with Crippen molar-refractivity contribution in [2.24, 2.45) is 0 Å². The number of carboxylic acids is 1. The van der Waals surface area contributed by atoms with Gasteiger partial charge in [-0.25, -0.2) is 0 Å². The number of nitrogens with one attached hydrogen (secondary N) is 3. The Balaban J connectivity index is 1.56. The van der Waals surface area contributed by atoms with Crippen LogP contribution < -0.4 is 10.6 Å². The summed E-state index contributed by atoms with van der Waals surface area (Å²) in [6, 6.07) is 7.23. The molecule has 0 bridgehead atoms. The quantitative estimate of drug-likeness (QED) is 0.620. The van der Waals surface area contributed by atoms with Gasteiger partial charge in [0.05, 0.1) is 6.54 Å². The Morgan fingerprint density at radius 3 is 2.72 bits per heavy atom. The van der Waals surface area contributed by atoms with E-state index in [2.05, 4.69) is 15.6 Å². The fourth-order valence-corrected chi connectivity index (χ4v) is 3.51. The molecule has 1 heterocycles. The Bertz CT molecular complexity index is 734. The van der Waals surface area contributed by atoms with Gasteiger partial charge in [-0.3, -0.25) is 14.9 Å². The van der Waals surface area contributed by atoms with Crippen molar-refractivity contribution in [3.63, 3.8) is 0 Å². The van der Waals surface area contributed by atoms with Gasteiger partial charge in [0.25, 0.3) is 0 Å². The summed E-state index contributed by atoms with van der Waals surface area (Å²) >= 11 is 0. The summed E-state index contributed by atoms with van der Waals surface area (Å²) in [6.45, 7) is 0.0236. The molecule has 1 amide bonds. The Hall–Kier alpha value is -2.34. The van der Waals surface area contributed by atoms with Gasteiger partial charge >= 0.3 is 5.97 Å². The van der Waals surface area contributed by atoms with Crippen molar-refractivity contribution in [3.8, 4) is 0 Å². The molecular formula is C19H25N3O3. The average Bonchev–Trinajstić information content (AvgIpc) is 3.02. The maximum absolute atomic E-state index is 12.1. The first-order chi connectivity index (χ1) is 12.1. The normalized spacial score (nSPS) is 16.6. The van der Waals surface area contributed by atoms with E-state index in [1.807, 2.05) is 30.5 Å². The predicted molar refractivity (Wildman–Crippen MR) is 96.4 cm³/mol. The second-order valence-corrected chi connectivity index (χ2v) is 6.74. The summed E-state index contributed by atoms with van der Waals surface area (Å²) < 4.78 is 0. The third-order valence-corrected chi connectivity index (χ3v) is 4.88. The van der Waals surface area contributed by atoms with E-state index in [1.165, 1.54) is 6.42 Å². The number of amides is 1. The van der Waals surface area contributed by atoms with Crippen LogP contribution in [-0.4, -0.2) is 40.6 Å². The standard InChI is InChI=1S/C19H25N3O3/c23-18(22-14-6-2-1-3-7-14)12-21-17(19(24)25)10-13-11-20-16-9-5-4-8-15(13)16/h4-5,8-9,11,14,17,20-21H,1-3,6-7,10,12H2,(H,22,23)(H,24,25)/t17-/m0/s1. The fraction of sp³-hybridized carbons (Fsp3) is 0.474. The molecule has 1 aliphatic rings. The van der Waals surface area contributed by atoms with E-state index in [1.54, 1.807) is 0 Å². The van der Waals surface area contributed by atoms with Crippen molar-refractivity contribution < 1.29 is 14.7 Å². The van der Waals surface area contributed by atoms with Crippen LogP contribution >= 0.6 is 0 Å². The summed E-state index contributed by atoms with van der Waals surface area (Å²) in [5, 5.41) is 16.4. The van der Waals surface area contributed by atoms with E-state index < -0.39 is 12.0 Å². The van der Waals surface area contributed by atoms with Gasteiger partial charge < -0.3 is 15.4 Å². The number of carbonyl (C=O) groups is 2. The molecule has 1 saturated carbocycles. The van der Waals surface area contributed by atoms with Crippen LogP contribution in [0.4, 0.5) is 0 Å². The van der Waals surface area contributed by atoms with Gasteiger partial charge in [0, 0.05) is 29.6 Å². The zero-order chi connectivity index (χ0) is 17.6. The zero-order valence-corrected chi connectivity index (χ0v) is 14.3. The topological polar surface area (TPSA) is 94.2 Å². The number of aromatic nitrogens is 1.